The highest BCUT2D eigenvalue weighted by atomic mass is 16.5. The van der Waals surface area contributed by atoms with Crippen LogP contribution in [0.3, 0.4) is 0 Å². The van der Waals surface area contributed by atoms with Gasteiger partial charge in [-0.3, -0.25) is 9.59 Å². The molecule has 118 valence electrons. The van der Waals surface area contributed by atoms with Gasteiger partial charge < -0.3 is 21.1 Å². The van der Waals surface area contributed by atoms with Gasteiger partial charge in [0.15, 0.2) is 0 Å². The number of ether oxygens (including phenoxy) is 1. The van der Waals surface area contributed by atoms with Gasteiger partial charge in [-0.15, -0.1) is 0 Å². The molecule has 1 aromatic carbocycles. The summed E-state index contributed by atoms with van der Waals surface area (Å²) in [4.78, 5) is 23.8. The van der Waals surface area contributed by atoms with Crippen LogP contribution in [0.1, 0.15) is 25.7 Å². The van der Waals surface area contributed by atoms with Gasteiger partial charge in [0.25, 0.3) is 5.91 Å². The standard InChI is InChI=1S/C16H21N3O3/c17-9-13-7-8-14(22-13)16(21)19-12-5-3-11(4-6-12)18-15(20)10-1-2-10/h3-6,10,13-14H,1-2,7-9,17H2,(H,18,20)(H,19,21)/t13-,14+/m1/s1. The van der Waals surface area contributed by atoms with Gasteiger partial charge in [-0.1, -0.05) is 0 Å². The van der Waals surface area contributed by atoms with Gasteiger partial charge in [0.1, 0.15) is 6.10 Å². The summed E-state index contributed by atoms with van der Waals surface area (Å²) in [6, 6.07) is 7.12. The van der Waals surface area contributed by atoms with E-state index in [4.69, 9.17) is 10.5 Å². The molecule has 0 spiro atoms. The molecule has 1 heterocycles. The quantitative estimate of drug-likeness (QED) is 0.768. The lowest BCUT2D eigenvalue weighted by Crippen LogP contribution is -2.29. The Hall–Kier alpha value is -1.92. The lowest BCUT2D eigenvalue weighted by Gasteiger charge is -2.13. The first kappa shape index (κ1) is 15.0. The number of rotatable bonds is 5. The van der Waals surface area contributed by atoms with E-state index in [9.17, 15) is 9.59 Å². The van der Waals surface area contributed by atoms with Gasteiger partial charge in [-0.2, -0.15) is 0 Å². The molecular weight excluding hydrogens is 282 g/mol. The highest BCUT2D eigenvalue weighted by molar-refractivity contribution is 5.96. The number of nitrogens with two attached hydrogens (primary N) is 1. The molecule has 2 fully saturated rings. The predicted octanol–water partition coefficient (Wildman–Crippen LogP) is 1.48. The highest BCUT2D eigenvalue weighted by Crippen LogP contribution is 2.30. The average Bonchev–Trinajstić information content (AvgIpc) is 3.26. The molecule has 0 radical (unpaired) electrons. The molecule has 6 nitrogen and oxygen atoms in total. The Morgan fingerprint density at radius 3 is 2.09 bits per heavy atom. The molecule has 2 aliphatic rings. The van der Waals surface area contributed by atoms with Gasteiger partial charge in [0, 0.05) is 23.8 Å². The van der Waals surface area contributed by atoms with Gasteiger partial charge >= 0.3 is 0 Å². The largest absolute Gasteiger partial charge is 0.364 e. The molecule has 1 aromatic rings. The summed E-state index contributed by atoms with van der Waals surface area (Å²) >= 11 is 0. The van der Waals surface area contributed by atoms with Crippen LogP contribution in [0.5, 0.6) is 0 Å². The maximum atomic E-state index is 12.1. The molecule has 22 heavy (non-hydrogen) atoms. The fourth-order valence-corrected chi connectivity index (χ4v) is 2.52. The van der Waals surface area contributed by atoms with E-state index in [-0.39, 0.29) is 23.8 Å². The predicted molar refractivity (Wildman–Crippen MR) is 83.4 cm³/mol. The first-order chi connectivity index (χ1) is 10.7. The number of carbonyl (C=O) groups is 2. The zero-order chi connectivity index (χ0) is 15.5. The molecule has 0 aromatic heterocycles. The van der Waals surface area contributed by atoms with E-state index in [2.05, 4.69) is 10.6 Å². The number of nitrogens with one attached hydrogen (secondary N) is 2. The molecule has 1 saturated heterocycles. The van der Waals surface area contributed by atoms with Gasteiger partial charge in [0.2, 0.25) is 5.91 Å². The van der Waals surface area contributed by atoms with Crippen molar-refractivity contribution >= 4 is 23.2 Å². The molecule has 0 unspecified atom stereocenters. The molecule has 2 amide bonds. The van der Waals surface area contributed by atoms with Gasteiger partial charge in [0.05, 0.1) is 6.10 Å². The van der Waals surface area contributed by atoms with E-state index in [0.29, 0.717) is 18.7 Å². The summed E-state index contributed by atoms with van der Waals surface area (Å²) in [7, 11) is 0. The molecule has 3 rings (SSSR count). The Bertz CT molecular complexity index is 554. The summed E-state index contributed by atoms with van der Waals surface area (Å²) in [5.41, 5.74) is 6.97. The van der Waals surface area contributed by atoms with Crippen LogP contribution < -0.4 is 16.4 Å². The van der Waals surface area contributed by atoms with E-state index in [1.54, 1.807) is 24.3 Å². The summed E-state index contributed by atoms with van der Waals surface area (Å²) in [6.07, 6.45) is 3.03. The second-order valence-electron chi connectivity index (χ2n) is 5.89. The first-order valence-electron chi connectivity index (χ1n) is 7.73. The van der Waals surface area contributed by atoms with Crippen molar-refractivity contribution in [1.82, 2.24) is 0 Å². The second-order valence-corrected chi connectivity index (χ2v) is 5.89. The number of benzene rings is 1. The summed E-state index contributed by atoms with van der Waals surface area (Å²) in [5, 5.41) is 5.69. The van der Waals surface area contributed by atoms with Crippen LogP contribution in [0.25, 0.3) is 0 Å². The van der Waals surface area contributed by atoms with Crippen LogP contribution in [0, 0.1) is 5.92 Å². The zero-order valence-electron chi connectivity index (χ0n) is 12.4. The van der Waals surface area contributed by atoms with Crippen molar-refractivity contribution in [1.29, 1.82) is 0 Å². The Morgan fingerprint density at radius 2 is 1.59 bits per heavy atom. The van der Waals surface area contributed by atoms with E-state index in [1.165, 1.54) is 0 Å². The van der Waals surface area contributed by atoms with Crippen LogP contribution in [-0.4, -0.2) is 30.6 Å². The highest BCUT2D eigenvalue weighted by Gasteiger charge is 2.30. The van der Waals surface area contributed by atoms with Crippen molar-refractivity contribution in [3.05, 3.63) is 24.3 Å². The van der Waals surface area contributed by atoms with Crippen molar-refractivity contribution in [2.45, 2.75) is 37.9 Å². The maximum Gasteiger partial charge on any atom is 0.253 e. The molecule has 4 N–H and O–H groups in total. The fourth-order valence-electron chi connectivity index (χ4n) is 2.52. The monoisotopic (exact) mass is 303 g/mol. The Kier molecular flexibility index (Phi) is 4.40. The van der Waals surface area contributed by atoms with Crippen LogP contribution in [-0.2, 0) is 14.3 Å². The van der Waals surface area contributed by atoms with Gasteiger partial charge in [-0.25, -0.2) is 0 Å². The normalized spacial score (nSPS) is 24.0. The number of hydrogen-bond donors (Lipinski definition) is 3. The molecular formula is C16H21N3O3. The summed E-state index contributed by atoms with van der Waals surface area (Å²) in [5.74, 6) is 0.101. The van der Waals surface area contributed by atoms with Crippen molar-refractivity contribution in [3.8, 4) is 0 Å². The number of hydrogen-bond acceptors (Lipinski definition) is 4. The molecule has 6 heteroatoms. The van der Waals surface area contributed by atoms with Crippen LogP contribution >= 0.6 is 0 Å². The summed E-state index contributed by atoms with van der Waals surface area (Å²) < 4.78 is 5.56. The Balaban J connectivity index is 1.52. The molecule has 0 bridgehead atoms. The average molecular weight is 303 g/mol. The van der Waals surface area contributed by atoms with Crippen LogP contribution in [0.2, 0.25) is 0 Å². The number of amides is 2. The van der Waals surface area contributed by atoms with E-state index >= 15 is 0 Å². The van der Waals surface area contributed by atoms with E-state index in [1.807, 2.05) is 0 Å². The van der Waals surface area contributed by atoms with Gasteiger partial charge in [-0.05, 0) is 49.9 Å². The third-order valence-electron chi connectivity index (χ3n) is 4.03. The number of anilines is 2. The smallest absolute Gasteiger partial charge is 0.253 e. The van der Waals surface area contributed by atoms with E-state index < -0.39 is 6.10 Å². The van der Waals surface area contributed by atoms with Crippen LogP contribution in [0.15, 0.2) is 24.3 Å². The Morgan fingerprint density at radius 1 is 1.00 bits per heavy atom. The molecule has 1 saturated carbocycles. The third kappa shape index (κ3) is 3.64. The second kappa shape index (κ2) is 6.46. The fraction of sp³-hybridized carbons (Fsp3) is 0.500. The SMILES string of the molecule is NC[C@H]1CC[C@@H](C(=O)Nc2ccc(NC(=O)C3CC3)cc2)O1. The molecule has 2 atom stereocenters. The Labute approximate surface area is 129 Å². The van der Waals surface area contributed by atoms with Crippen LogP contribution in [0.4, 0.5) is 11.4 Å². The topological polar surface area (TPSA) is 93.5 Å². The lowest BCUT2D eigenvalue weighted by molar-refractivity contribution is -0.126. The van der Waals surface area contributed by atoms with Crippen molar-refractivity contribution in [2.75, 3.05) is 17.2 Å². The third-order valence-corrected chi connectivity index (χ3v) is 4.03. The minimum absolute atomic E-state index is 0.0178. The number of carbonyl (C=O) groups excluding carboxylic acids is 2. The minimum Gasteiger partial charge on any atom is -0.364 e. The first-order valence-corrected chi connectivity index (χ1v) is 7.73. The van der Waals surface area contributed by atoms with E-state index in [0.717, 1.165) is 24.9 Å². The van der Waals surface area contributed by atoms with Crippen molar-refractivity contribution in [3.63, 3.8) is 0 Å². The lowest BCUT2D eigenvalue weighted by atomic mass is 10.2. The molecule has 1 aliphatic heterocycles. The summed E-state index contributed by atoms with van der Waals surface area (Å²) in [6.45, 7) is 0.444. The zero-order valence-corrected chi connectivity index (χ0v) is 12.4. The minimum atomic E-state index is -0.428. The van der Waals surface area contributed by atoms with Crippen molar-refractivity contribution in [2.24, 2.45) is 11.7 Å². The maximum absolute atomic E-state index is 12.1. The molecule has 1 aliphatic carbocycles. The van der Waals surface area contributed by atoms with Crippen molar-refractivity contribution < 1.29 is 14.3 Å².